The molecule has 30 heavy (non-hydrogen) atoms. The monoisotopic (exact) mass is 413 g/mol. The molecule has 5 aliphatic rings. The predicted molar refractivity (Wildman–Crippen MR) is 125 cm³/mol. The van der Waals surface area contributed by atoms with Crippen molar-refractivity contribution >= 4 is 0 Å². The molecule has 5 rings (SSSR count). The highest BCUT2D eigenvalue weighted by atomic mass is 16.3. The van der Waals surface area contributed by atoms with Gasteiger partial charge in [-0.2, -0.15) is 0 Å². The summed E-state index contributed by atoms with van der Waals surface area (Å²) >= 11 is 0. The summed E-state index contributed by atoms with van der Waals surface area (Å²) in [6, 6.07) is 0. The summed E-state index contributed by atoms with van der Waals surface area (Å²) in [6.45, 7) is 15.2. The van der Waals surface area contributed by atoms with Gasteiger partial charge < -0.3 is 10.8 Å². The largest absolute Gasteiger partial charge is 0.393 e. The average Bonchev–Trinajstić information content (AvgIpc) is 2.67. The van der Waals surface area contributed by atoms with E-state index < -0.39 is 0 Å². The van der Waals surface area contributed by atoms with Crippen LogP contribution < -0.4 is 5.73 Å². The average molecular weight is 414 g/mol. The highest BCUT2D eigenvalue weighted by Gasteiger charge is 2.66. The summed E-state index contributed by atoms with van der Waals surface area (Å²) < 4.78 is 0. The van der Waals surface area contributed by atoms with Crippen LogP contribution in [0.1, 0.15) is 106 Å². The molecule has 3 N–H and O–H groups in total. The van der Waals surface area contributed by atoms with Gasteiger partial charge in [0, 0.05) is 5.54 Å². The standard InChI is InChI=1S/C28H47NO/c1-18-19-9-12-27(6)23(25(19,4)11-10-22(18)30)8-7-20-21-17-24(2,3)13-15-28(21,29)16-14-26(20,27)5/h7,18-19,21-23,30H,8-17,29H2,1-6H3/t18-,19+,21+,22+,23-,25+,26-,27-,28+/m1/s1. The first-order chi connectivity index (χ1) is 13.9. The maximum atomic E-state index is 10.6. The molecule has 2 heteroatoms. The van der Waals surface area contributed by atoms with Gasteiger partial charge in [0.1, 0.15) is 0 Å². The van der Waals surface area contributed by atoms with Gasteiger partial charge in [0.15, 0.2) is 0 Å². The van der Waals surface area contributed by atoms with Crippen molar-refractivity contribution in [3.8, 4) is 0 Å². The van der Waals surface area contributed by atoms with Crippen LogP contribution in [0.4, 0.5) is 0 Å². The number of hydrogen-bond acceptors (Lipinski definition) is 2. The molecular weight excluding hydrogens is 366 g/mol. The minimum atomic E-state index is -0.0882. The molecular formula is C28H47NO. The summed E-state index contributed by atoms with van der Waals surface area (Å²) in [7, 11) is 0. The van der Waals surface area contributed by atoms with Gasteiger partial charge in [0.2, 0.25) is 0 Å². The van der Waals surface area contributed by atoms with Gasteiger partial charge in [0.25, 0.3) is 0 Å². The maximum Gasteiger partial charge on any atom is 0.0568 e. The third-order valence-corrected chi connectivity index (χ3v) is 12.3. The molecule has 0 unspecified atom stereocenters. The van der Waals surface area contributed by atoms with Crippen molar-refractivity contribution in [3.63, 3.8) is 0 Å². The number of rotatable bonds is 0. The van der Waals surface area contributed by atoms with Crippen molar-refractivity contribution in [1.82, 2.24) is 0 Å². The van der Waals surface area contributed by atoms with Crippen molar-refractivity contribution in [2.45, 2.75) is 117 Å². The third kappa shape index (κ3) is 2.62. The summed E-state index contributed by atoms with van der Waals surface area (Å²) in [4.78, 5) is 0. The first-order valence-electron chi connectivity index (χ1n) is 13.0. The molecule has 0 aromatic heterocycles. The van der Waals surface area contributed by atoms with E-state index in [-0.39, 0.29) is 11.6 Å². The van der Waals surface area contributed by atoms with E-state index in [4.69, 9.17) is 5.73 Å². The molecule has 9 atom stereocenters. The Morgan fingerprint density at radius 1 is 0.933 bits per heavy atom. The first kappa shape index (κ1) is 21.5. The van der Waals surface area contributed by atoms with Gasteiger partial charge in [-0.25, -0.2) is 0 Å². The molecule has 0 aromatic carbocycles. The first-order valence-corrected chi connectivity index (χ1v) is 13.0. The molecule has 0 aliphatic heterocycles. The minimum Gasteiger partial charge on any atom is -0.393 e. The minimum absolute atomic E-state index is 0.0363. The number of allylic oxidation sites excluding steroid dienone is 1. The lowest BCUT2D eigenvalue weighted by Crippen LogP contribution is -2.65. The van der Waals surface area contributed by atoms with E-state index in [1.807, 2.05) is 0 Å². The Bertz CT molecular complexity index is 756. The quantitative estimate of drug-likeness (QED) is 0.447. The molecule has 0 spiro atoms. The number of nitrogens with two attached hydrogens (primary N) is 1. The number of aliphatic hydroxyl groups is 1. The van der Waals surface area contributed by atoms with Crippen molar-refractivity contribution in [2.75, 3.05) is 0 Å². The van der Waals surface area contributed by atoms with Gasteiger partial charge >= 0.3 is 0 Å². The second-order valence-electron chi connectivity index (χ2n) is 14.0. The predicted octanol–water partition coefficient (Wildman–Crippen LogP) is 6.47. The van der Waals surface area contributed by atoms with Crippen LogP contribution in [-0.4, -0.2) is 16.7 Å². The van der Waals surface area contributed by atoms with Gasteiger partial charge in [-0.15, -0.1) is 0 Å². The van der Waals surface area contributed by atoms with E-state index >= 15 is 0 Å². The Hall–Kier alpha value is -0.340. The van der Waals surface area contributed by atoms with Crippen LogP contribution in [0.2, 0.25) is 0 Å². The Morgan fingerprint density at radius 3 is 2.37 bits per heavy atom. The van der Waals surface area contributed by atoms with Gasteiger partial charge in [-0.3, -0.25) is 0 Å². The SMILES string of the molecule is C[C@H]1[C@@H](O)CC[C@]2(C)[C@H]3CC=C4[C@@H]5CC(C)(C)CC[C@]5(N)CC[C@@]4(C)[C@]3(C)CC[C@@H]12. The van der Waals surface area contributed by atoms with Crippen LogP contribution in [0.25, 0.3) is 0 Å². The van der Waals surface area contributed by atoms with Gasteiger partial charge in [-0.1, -0.05) is 53.2 Å². The van der Waals surface area contributed by atoms with Crippen molar-refractivity contribution in [3.05, 3.63) is 11.6 Å². The zero-order valence-electron chi connectivity index (χ0n) is 20.6. The molecule has 170 valence electrons. The zero-order chi connectivity index (χ0) is 21.7. The van der Waals surface area contributed by atoms with Crippen molar-refractivity contribution < 1.29 is 5.11 Å². The van der Waals surface area contributed by atoms with Crippen LogP contribution >= 0.6 is 0 Å². The Labute approximate surface area is 185 Å². The van der Waals surface area contributed by atoms with Crippen molar-refractivity contribution in [2.24, 2.45) is 51.1 Å². The van der Waals surface area contributed by atoms with Gasteiger partial charge in [-0.05, 0) is 110 Å². The lowest BCUT2D eigenvalue weighted by atomic mass is 9.35. The van der Waals surface area contributed by atoms with E-state index in [0.717, 1.165) is 12.3 Å². The van der Waals surface area contributed by atoms with E-state index in [0.29, 0.717) is 39.4 Å². The number of fused-ring (bicyclic) bond motifs is 7. The van der Waals surface area contributed by atoms with Crippen molar-refractivity contribution in [1.29, 1.82) is 0 Å². The smallest absolute Gasteiger partial charge is 0.0568 e. The molecule has 0 bridgehead atoms. The second kappa shape index (κ2) is 6.37. The normalized spacial score (nSPS) is 57.3. The van der Waals surface area contributed by atoms with Gasteiger partial charge in [0.05, 0.1) is 6.10 Å². The van der Waals surface area contributed by atoms with E-state index in [9.17, 15) is 5.11 Å². The molecule has 0 aromatic rings. The van der Waals surface area contributed by atoms with Crippen LogP contribution in [-0.2, 0) is 0 Å². The van der Waals surface area contributed by atoms with Crippen LogP contribution in [0, 0.1) is 45.3 Å². The lowest BCUT2D eigenvalue weighted by molar-refractivity contribution is -0.176. The fourth-order valence-corrected chi connectivity index (χ4v) is 9.91. The zero-order valence-corrected chi connectivity index (χ0v) is 20.6. The van der Waals surface area contributed by atoms with Crippen LogP contribution in [0.5, 0.6) is 0 Å². The molecule has 5 aliphatic carbocycles. The summed E-state index contributed by atoms with van der Waals surface area (Å²) in [5.41, 5.74) is 10.4. The molecule has 4 fully saturated rings. The summed E-state index contributed by atoms with van der Waals surface area (Å²) in [5.74, 6) is 2.46. The maximum absolute atomic E-state index is 10.6. The van der Waals surface area contributed by atoms with Crippen LogP contribution in [0.15, 0.2) is 11.6 Å². The molecule has 0 heterocycles. The fourth-order valence-electron chi connectivity index (χ4n) is 9.91. The van der Waals surface area contributed by atoms with Crippen LogP contribution in [0.3, 0.4) is 0 Å². The van der Waals surface area contributed by atoms with E-state index in [1.165, 1.54) is 57.8 Å². The Balaban J connectivity index is 1.56. The van der Waals surface area contributed by atoms with E-state index in [1.54, 1.807) is 5.57 Å². The summed E-state index contributed by atoms with van der Waals surface area (Å²) in [5, 5.41) is 10.6. The molecule has 0 amide bonds. The highest BCUT2D eigenvalue weighted by molar-refractivity contribution is 5.34. The second-order valence-corrected chi connectivity index (χ2v) is 14.0. The number of aliphatic hydroxyl groups excluding tert-OH is 1. The lowest BCUT2D eigenvalue weighted by Gasteiger charge is -2.70. The number of hydrogen-bond donors (Lipinski definition) is 2. The third-order valence-electron chi connectivity index (χ3n) is 12.3. The summed E-state index contributed by atoms with van der Waals surface area (Å²) in [6.07, 6.45) is 14.9. The molecule has 0 saturated heterocycles. The topological polar surface area (TPSA) is 46.2 Å². The Morgan fingerprint density at radius 2 is 1.63 bits per heavy atom. The molecule has 0 radical (unpaired) electrons. The molecule has 4 saturated carbocycles. The van der Waals surface area contributed by atoms with E-state index in [2.05, 4.69) is 47.6 Å². The molecule has 2 nitrogen and oxygen atoms in total. The fraction of sp³-hybridized carbons (Fsp3) is 0.929. The highest BCUT2D eigenvalue weighted by Crippen LogP contribution is 2.73. The Kier molecular flexibility index (Phi) is 4.57.